The van der Waals surface area contributed by atoms with Crippen LogP contribution in [0.1, 0.15) is 47.5 Å². The van der Waals surface area contributed by atoms with Gasteiger partial charge in [0.05, 0.1) is 0 Å². The molecule has 0 saturated heterocycles. The summed E-state index contributed by atoms with van der Waals surface area (Å²) in [4.78, 5) is 11.1. The summed E-state index contributed by atoms with van der Waals surface area (Å²) >= 11 is 0. The number of carbonyl (C=O) groups is 1. The predicted octanol–water partition coefficient (Wildman–Crippen LogP) is 4.06. The number of amides is 1. The van der Waals surface area contributed by atoms with E-state index in [0.29, 0.717) is 13.2 Å². The smallest absolute Gasteiger partial charge is 0.407 e. The Balaban J connectivity index is 0. The standard InChI is InChI=1S/C12H21NO2.C2H6/c1-4-7-11(8-5-2)10-15-12(14)13-9-6-3;1-2/h4,7-8H,5-6,9-10H2,1-3H3,(H,13,14);1-2H3/b7-4-,11-8+;. The lowest BCUT2D eigenvalue weighted by molar-refractivity contribution is 0.156. The van der Waals surface area contributed by atoms with Crippen molar-refractivity contribution in [1.29, 1.82) is 0 Å². The zero-order chi connectivity index (χ0) is 13.5. The van der Waals surface area contributed by atoms with Gasteiger partial charge in [0.15, 0.2) is 0 Å². The minimum Gasteiger partial charge on any atom is -0.445 e. The van der Waals surface area contributed by atoms with Gasteiger partial charge in [-0.1, -0.05) is 45.9 Å². The Morgan fingerprint density at radius 1 is 1.29 bits per heavy atom. The Labute approximate surface area is 106 Å². The van der Waals surface area contributed by atoms with Gasteiger partial charge in [-0.05, 0) is 25.3 Å². The highest BCUT2D eigenvalue weighted by Crippen LogP contribution is 2.00. The van der Waals surface area contributed by atoms with Crippen LogP contribution in [0.2, 0.25) is 0 Å². The van der Waals surface area contributed by atoms with E-state index in [-0.39, 0.29) is 6.09 Å². The molecule has 3 nitrogen and oxygen atoms in total. The van der Waals surface area contributed by atoms with E-state index in [4.69, 9.17) is 4.74 Å². The number of nitrogens with one attached hydrogen (secondary N) is 1. The lowest BCUT2D eigenvalue weighted by Crippen LogP contribution is -2.25. The van der Waals surface area contributed by atoms with Crippen LogP contribution in [-0.4, -0.2) is 19.2 Å². The number of carbonyl (C=O) groups excluding carboxylic acids is 1. The summed E-state index contributed by atoms with van der Waals surface area (Å²) in [7, 11) is 0. The zero-order valence-electron chi connectivity index (χ0n) is 11.9. The van der Waals surface area contributed by atoms with Gasteiger partial charge >= 0.3 is 6.09 Å². The van der Waals surface area contributed by atoms with Crippen LogP contribution in [0.3, 0.4) is 0 Å². The summed E-state index contributed by atoms with van der Waals surface area (Å²) < 4.78 is 5.04. The normalized spacial score (nSPS) is 10.8. The van der Waals surface area contributed by atoms with E-state index in [9.17, 15) is 4.79 Å². The SMILES string of the molecule is C/C=C\C(=C/CC)COC(=O)NCCC.CC. The van der Waals surface area contributed by atoms with Crippen LogP contribution in [0.15, 0.2) is 23.8 Å². The van der Waals surface area contributed by atoms with E-state index in [1.807, 2.05) is 45.9 Å². The fourth-order valence-electron chi connectivity index (χ4n) is 1.08. The molecule has 3 heteroatoms. The first-order valence-corrected chi connectivity index (χ1v) is 6.46. The molecule has 0 rings (SSSR count). The van der Waals surface area contributed by atoms with Crippen LogP contribution >= 0.6 is 0 Å². The van der Waals surface area contributed by atoms with Gasteiger partial charge in [0.25, 0.3) is 0 Å². The predicted molar refractivity (Wildman–Crippen MR) is 74.2 cm³/mol. The minimum absolute atomic E-state index is 0.341. The topological polar surface area (TPSA) is 38.3 Å². The molecule has 100 valence electrons. The molecule has 0 fully saturated rings. The number of alkyl carbamates (subject to hydrolysis) is 1. The third kappa shape index (κ3) is 12.7. The zero-order valence-corrected chi connectivity index (χ0v) is 11.9. The average Bonchev–Trinajstić information content (AvgIpc) is 2.36. The number of allylic oxidation sites excluding steroid dienone is 2. The van der Waals surface area contributed by atoms with Crippen LogP contribution in [-0.2, 0) is 4.74 Å². The van der Waals surface area contributed by atoms with Gasteiger partial charge in [-0.15, -0.1) is 0 Å². The summed E-state index contributed by atoms with van der Waals surface area (Å²) in [6, 6.07) is 0. The Bertz CT molecular complexity index is 232. The van der Waals surface area contributed by atoms with Gasteiger partial charge in [-0.3, -0.25) is 0 Å². The van der Waals surface area contributed by atoms with Crippen molar-refractivity contribution in [3.8, 4) is 0 Å². The van der Waals surface area contributed by atoms with Gasteiger partial charge in [-0.2, -0.15) is 0 Å². The first kappa shape index (κ1) is 18.1. The van der Waals surface area contributed by atoms with Crippen LogP contribution in [0.4, 0.5) is 4.79 Å². The first-order valence-electron chi connectivity index (χ1n) is 6.46. The monoisotopic (exact) mass is 241 g/mol. The first-order chi connectivity index (χ1) is 8.24. The minimum atomic E-state index is -0.344. The molecule has 1 N–H and O–H groups in total. The highest BCUT2D eigenvalue weighted by molar-refractivity contribution is 5.67. The Morgan fingerprint density at radius 3 is 2.41 bits per heavy atom. The van der Waals surface area contributed by atoms with E-state index in [1.165, 1.54) is 0 Å². The Morgan fingerprint density at radius 2 is 1.94 bits per heavy atom. The number of ether oxygens (including phenoxy) is 1. The molecule has 0 unspecified atom stereocenters. The van der Waals surface area contributed by atoms with E-state index >= 15 is 0 Å². The third-order valence-electron chi connectivity index (χ3n) is 1.74. The van der Waals surface area contributed by atoms with Crippen molar-refractivity contribution in [2.24, 2.45) is 0 Å². The molecule has 0 aliphatic heterocycles. The Hall–Kier alpha value is -1.25. The average molecular weight is 241 g/mol. The summed E-state index contributed by atoms with van der Waals surface area (Å²) in [5.74, 6) is 0. The summed E-state index contributed by atoms with van der Waals surface area (Å²) in [6.07, 6.45) is 7.46. The van der Waals surface area contributed by atoms with Crippen molar-refractivity contribution in [3.63, 3.8) is 0 Å². The molecule has 0 aromatic carbocycles. The largest absolute Gasteiger partial charge is 0.445 e. The highest BCUT2D eigenvalue weighted by Gasteiger charge is 2.00. The lowest BCUT2D eigenvalue weighted by Gasteiger charge is -2.06. The molecule has 0 spiro atoms. The van der Waals surface area contributed by atoms with E-state index in [2.05, 4.69) is 12.2 Å². The molecule has 0 atom stereocenters. The summed E-state index contributed by atoms with van der Waals surface area (Å²) in [5, 5.41) is 2.66. The Kier molecular flexibility index (Phi) is 15.7. The maximum absolute atomic E-state index is 11.1. The fourth-order valence-corrected chi connectivity index (χ4v) is 1.08. The number of hydrogen-bond acceptors (Lipinski definition) is 2. The van der Waals surface area contributed by atoms with Gasteiger partial charge in [0.2, 0.25) is 0 Å². The van der Waals surface area contributed by atoms with Crippen molar-refractivity contribution in [3.05, 3.63) is 23.8 Å². The van der Waals surface area contributed by atoms with Crippen molar-refractivity contribution in [2.75, 3.05) is 13.2 Å². The summed E-state index contributed by atoms with van der Waals surface area (Å²) in [5.41, 5.74) is 1.03. The fraction of sp³-hybridized carbons (Fsp3) is 0.643. The molecular weight excluding hydrogens is 214 g/mol. The van der Waals surface area contributed by atoms with E-state index < -0.39 is 0 Å². The molecule has 0 aromatic rings. The van der Waals surface area contributed by atoms with Gasteiger partial charge in [-0.25, -0.2) is 4.79 Å². The van der Waals surface area contributed by atoms with Crippen molar-refractivity contribution in [1.82, 2.24) is 5.32 Å². The molecule has 0 aromatic heterocycles. The molecular formula is C14H27NO2. The molecule has 0 saturated carbocycles. The third-order valence-corrected chi connectivity index (χ3v) is 1.74. The number of rotatable bonds is 6. The van der Waals surface area contributed by atoms with Crippen molar-refractivity contribution in [2.45, 2.75) is 47.5 Å². The molecule has 1 amide bonds. The second-order valence-corrected chi connectivity index (χ2v) is 3.19. The van der Waals surface area contributed by atoms with E-state index in [0.717, 1.165) is 18.4 Å². The quantitative estimate of drug-likeness (QED) is 0.712. The maximum Gasteiger partial charge on any atom is 0.407 e. The van der Waals surface area contributed by atoms with Crippen molar-refractivity contribution < 1.29 is 9.53 Å². The van der Waals surface area contributed by atoms with Gasteiger partial charge < -0.3 is 10.1 Å². The molecule has 17 heavy (non-hydrogen) atoms. The molecule has 0 aliphatic carbocycles. The molecule has 0 bridgehead atoms. The lowest BCUT2D eigenvalue weighted by atomic mass is 10.2. The van der Waals surface area contributed by atoms with Crippen LogP contribution in [0.25, 0.3) is 0 Å². The van der Waals surface area contributed by atoms with Crippen molar-refractivity contribution >= 4 is 6.09 Å². The number of hydrogen-bond donors (Lipinski definition) is 1. The highest BCUT2D eigenvalue weighted by atomic mass is 16.5. The summed E-state index contributed by atoms with van der Waals surface area (Å²) in [6.45, 7) is 11.0. The molecule has 0 radical (unpaired) electrons. The van der Waals surface area contributed by atoms with Crippen LogP contribution in [0, 0.1) is 0 Å². The second kappa shape index (κ2) is 14.8. The maximum atomic E-state index is 11.1. The second-order valence-electron chi connectivity index (χ2n) is 3.19. The van der Waals surface area contributed by atoms with E-state index in [1.54, 1.807) is 0 Å². The van der Waals surface area contributed by atoms with Crippen LogP contribution in [0.5, 0.6) is 0 Å². The van der Waals surface area contributed by atoms with Gasteiger partial charge in [0, 0.05) is 6.54 Å². The van der Waals surface area contributed by atoms with Gasteiger partial charge in [0.1, 0.15) is 6.61 Å². The molecule has 0 heterocycles. The van der Waals surface area contributed by atoms with Crippen LogP contribution < -0.4 is 5.32 Å². The molecule has 0 aliphatic rings.